The van der Waals surface area contributed by atoms with E-state index in [2.05, 4.69) is 30.4 Å². The van der Waals surface area contributed by atoms with Crippen molar-refractivity contribution in [3.05, 3.63) is 11.6 Å². The summed E-state index contributed by atoms with van der Waals surface area (Å²) in [5, 5.41) is 3.46. The molecule has 0 atom stereocenters. The lowest BCUT2D eigenvalue weighted by atomic mass is 10.2. The molecule has 0 bridgehead atoms. The van der Waals surface area contributed by atoms with Gasteiger partial charge in [0.25, 0.3) is 0 Å². The van der Waals surface area contributed by atoms with E-state index in [4.69, 9.17) is 0 Å². The van der Waals surface area contributed by atoms with Gasteiger partial charge in [-0.1, -0.05) is 11.6 Å². The minimum atomic E-state index is 1.11. The molecule has 76 valence electrons. The first-order valence-corrected chi connectivity index (χ1v) is 5.32. The number of hydrogen-bond acceptors (Lipinski definition) is 2. The van der Waals surface area contributed by atoms with Gasteiger partial charge >= 0.3 is 0 Å². The molecule has 0 unspecified atom stereocenters. The summed E-state index contributed by atoms with van der Waals surface area (Å²) in [7, 11) is 4.22. The standard InChI is InChI=1S/C11H22N2/c1-13(2)10-9-12-8-7-11-5-3-4-6-11/h5,12H,3-4,6-10H2,1-2H3. The van der Waals surface area contributed by atoms with Crippen LogP contribution in [0.4, 0.5) is 0 Å². The van der Waals surface area contributed by atoms with Crippen molar-refractivity contribution in [1.82, 2.24) is 10.2 Å². The molecule has 0 aromatic rings. The molecule has 0 saturated heterocycles. The second-order valence-electron chi connectivity index (χ2n) is 4.06. The topological polar surface area (TPSA) is 15.3 Å². The number of nitrogens with one attached hydrogen (secondary N) is 1. The Labute approximate surface area is 82.0 Å². The molecule has 0 aromatic carbocycles. The molecule has 1 aliphatic carbocycles. The molecule has 1 rings (SSSR count). The summed E-state index contributed by atoms with van der Waals surface area (Å²) in [5.41, 5.74) is 1.66. The van der Waals surface area contributed by atoms with E-state index in [0.29, 0.717) is 0 Å². The normalized spacial score (nSPS) is 16.7. The predicted molar refractivity (Wildman–Crippen MR) is 58.0 cm³/mol. The molecule has 1 N–H and O–H groups in total. The molecule has 0 amide bonds. The maximum Gasteiger partial charge on any atom is 0.0101 e. The molecule has 0 radical (unpaired) electrons. The van der Waals surface area contributed by atoms with Crippen LogP contribution in [0.5, 0.6) is 0 Å². The monoisotopic (exact) mass is 182 g/mol. The lowest BCUT2D eigenvalue weighted by Gasteiger charge is -2.10. The van der Waals surface area contributed by atoms with Crippen LogP contribution in [0.2, 0.25) is 0 Å². The first kappa shape index (κ1) is 10.7. The summed E-state index contributed by atoms with van der Waals surface area (Å²) < 4.78 is 0. The summed E-state index contributed by atoms with van der Waals surface area (Å²) in [6, 6.07) is 0. The number of allylic oxidation sites excluding steroid dienone is 1. The molecule has 2 nitrogen and oxygen atoms in total. The Balaban J connectivity index is 1.89. The molecule has 2 heteroatoms. The minimum Gasteiger partial charge on any atom is -0.315 e. The Morgan fingerprint density at radius 3 is 2.85 bits per heavy atom. The van der Waals surface area contributed by atoms with E-state index in [0.717, 1.165) is 19.6 Å². The third-order valence-corrected chi connectivity index (χ3v) is 2.49. The van der Waals surface area contributed by atoms with Crippen molar-refractivity contribution in [2.45, 2.75) is 25.7 Å². The van der Waals surface area contributed by atoms with Gasteiger partial charge in [0, 0.05) is 13.1 Å². The van der Waals surface area contributed by atoms with Crippen molar-refractivity contribution in [3.8, 4) is 0 Å². The number of hydrogen-bond donors (Lipinski definition) is 1. The van der Waals surface area contributed by atoms with Crippen molar-refractivity contribution in [1.29, 1.82) is 0 Å². The third-order valence-electron chi connectivity index (χ3n) is 2.49. The highest BCUT2D eigenvalue weighted by atomic mass is 15.1. The summed E-state index contributed by atoms with van der Waals surface area (Å²) in [6.45, 7) is 3.40. The first-order chi connectivity index (χ1) is 6.29. The molecule has 13 heavy (non-hydrogen) atoms. The van der Waals surface area contributed by atoms with Crippen molar-refractivity contribution in [2.24, 2.45) is 0 Å². The van der Waals surface area contributed by atoms with Gasteiger partial charge in [0.2, 0.25) is 0 Å². The summed E-state index contributed by atoms with van der Waals surface area (Å²) >= 11 is 0. The van der Waals surface area contributed by atoms with Crippen LogP contribution in [-0.4, -0.2) is 38.6 Å². The highest BCUT2D eigenvalue weighted by molar-refractivity contribution is 5.07. The summed E-state index contributed by atoms with van der Waals surface area (Å²) in [6.07, 6.45) is 7.70. The van der Waals surface area contributed by atoms with Crippen LogP contribution in [-0.2, 0) is 0 Å². The number of likely N-dealkylation sites (N-methyl/N-ethyl adjacent to an activating group) is 1. The summed E-state index contributed by atoms with van der Waals surface area (Å²) in [4.78, 5) is 2.21. The van der Waals surface area contributed by atoms with Crippen molar-refractivity contribution in [2.75, 3.05) is 33.7 Å². The van der Waals surface area contributed by atoms with Gasteiger partial charge in [-0.25, -0.2) is 0 Å². The van der Waals surface area contributed by atoms with E-state index < -0.39 is 0 Å². The van der Waals surface area contributed by atoms with Crippen LogP contribution in [0.3, 0.4) is 0 Å². The molecule has 0 fully saturated rings. The first-order valence-electron chi connectivity index (χ1n) is 5.32. The zero-order valence-electron chi connectivity index (χ0n) is 8.97. The van der Waals surface area contributed by atoms with Gasteiger partial charge in [-0.15, -0.1) is 0 Å². The van der Waals surface area contributed by atoms with Gasteiger partial charge in [0.05, 0.1) is 0 Å². The number of rotatable bonds is 6. The van der Waals surface area contributed by atoms with Gasteiger partial charge in [-0.2, -0.15) is 0 Å². The van der Waals surface area contributed by atoms with E-state index in [1.54, 1.807) is 5.57 Å². The fraction of sp³-hybridized carbons (Fsp3) is 0.818. The smallest absolute Gasteiger partial charge is 0.0101 e. The molecule has 0 saturated carbocycles. The maximum atomic E-state index is 3.46. The van der Waals surface area contributed by atoms with Crippen LogP contribution in [0.15, 0.2) is 11.6 Å². The lowest BCUT2D eigenvalue weighted by molar-refractivity contribution is 0.401. The van der Waals surface area contributed by atoms with Crippen LogP contribution in [0.25, 0.3) is 0 Å². The molecular weight excluding hydrogens is 160 g/mol. The van der Waals surface area contributed by atoms with Crippen molar-refractivity contribution < 1.29 is 0 Å². The maximum absolute atomic E-state index is 3.46. The summed E-state index contributed by atoms with van der Waals surface area (Å²) in [5.74, 6) is 0. The second-order valence-corrected chi connectivity index (χ2v) is 4.06. The van der Waals surface area contributed by atoms with Crippen LogP contribution < -0.4 is 5.32 Å². The van der Waals surface area contributed by atoms with Gasteiger partial charge in [0.1, 0.15) is 0 Å². The number of nitrogens with zero attached hydrogens (tertiary/aromatic N) is 1. The van der Waals surface area contributed by atoms with E-state index in [-0.39, 0.29) is 0 Å². The van der Waals surface area contributed by atoms with Gasteiger partial charge in [0.15, 0.2) is 0 Å². The average Bonchev–Trinajstić information content (AvgIpc) is 2.55. The quantitative estimate of drug-likeness (QED) is 0.496. The Bertz CT molecular complexity index is 161. The largest absolute Gasteiger partial charge is 0.315 e. The zero-order valence-corrected chi connectivity index (χ0v) is 8.97. The average molecular weight is 182 g/mol. The fourth-order valence-corrected chi connectivity index (χ4v) is 1.64. The van der Waals surface area contributed by atoms with Crippen LogP contribution in [0.1, 0.15) is 25.7 Å². The Morgan fingerprint density at radius 1 is 1.38 bits per heavy atom. The van der Waals surface area contributed by atoms with Crippen molar-refractivity contribution in [3.63, 3.8) is 0 Å². The van der Waals surface area contributed by atoms with E-state index in [9.17, 15) is 0 Å². The molecule has 0 aromatic heterocycles. The molecule has 0 aliphatic heterocycles. The lowest BCUT2D eigenvalue weighted by Crippen LogP contribution is -2.27. The molecule has 0 heterocycles. The van der Waals surface area contributed by atoms with E-state index in [1.165, 1.54) is 25.7 Å². The Morgan fingerprint density at radius 2 is 2.23 bits per heavy atom. The highest BCUT2D eigenvalue weighted by Gasteiger charge is 2.02. The minimum absolute atomic E-state index is 1.11. The molecule has 1 aliphatic rings. The van der Waals surface area contributed by atoms with E-state index in [1.807, 2.05) is 0 Å². The predicted octanol–water partition coefficient (Wildman–Crippen LogP) is 1.64. The SMILES string of the molecule is CN(C)CCNCCC1=CCCC1. The van der Waals surface area contributed by atoms with Gasteiger partial charge < -0.3 is 10.2 Å². The highest BCUT2D eigenvalue weighted by Crippen LogP contribution is 2.19. The van der Waals surface area contributed by atoms with E-state index >= 15 is 0 Å². The van der Waals surface area contributed by atoms with Crippen LogP contribution >= 0.6 is 0 Å². The molecular formula is C11H22N2. The van der Waals surface area contributed by atoms with Crippen molar-refractivity contribution >= 4 is 0 Å². The van der Waals surface area contributed by atoms with Gasteiger partial charge in [-0.05, 0) is 46.3 Å². The third kappa shape index (κ3) is 5.06. The Hall–Kier alpha value is -0.340. The van der Waals surface area contributed by atoms with Crippen LogP contribution in [0, 0.1) is 0 Å². The zero-order chi connectivity index (χ0) is 9.52. The Kier molecular flexibility index (Phi) is 5.09. The van der Waals surface area contributed by atoms with Gasteiger partial charge in [-0.3, -0.25) is 0 Å². The molecule has 0 spiro atoms. The fourth-order valence-electron chi connectivity index (χ4n) is 1.64. The second kappa shape index (κ2) is 6.17.